The predicted octanol–water partition coefficient (Wildman–Crippen LogP) is 5.41. The van der Waals surface area contributed by atoms with Gasteiger partial charge in [0, 0.05) is 25.9 Å². The molecule has 0 N–H and O–H groups in total. The highest BCUT2D eigenvalue weighted by Gasteiger charge is 2.53. The van der Waals surface area contributed by atoms with Crippen molar-refractivity contribution < 1.29 is 28.6 Å². The van der Waals surface area contributed by atoms with Crippen molar-refractivity contribution in [3.8, 4) is 0 Å². The molecule has 7 nitrogen and oxygen atoms in total. The summed E-state index contributed by atoms with van der Waals surface area (Å²) in [5.74, 6) is -0.239. The summed E-state index contributed by atoms with van der Waals surface area (Å²) < 4.78 is 17.0. The maximum absolute atomic E-state index is 13.3. The van der Waals surface area contributed by atoms with Crippen LogP contribution in [0.1, 0.15) is 54.5 Å². The molecule has 35 heavy (non-hydrogen) atoms. The first kappa shape index (κ1) is 24.9. The van der Waals surface area contributed by atoms with E-state index in [9.17, 15) is 9.59 Å². The SMILES string of the molecule is Cc1cc(C)c(C2=C(OC(=O)OC(C)C)C3(CCN(OCc4ccccc4)CC3)OC2=O)c(C)c1. The van der Waals surface area contributed by atoms with Gasteiger partial charge in [0.25, 0.3) is 0 Å². The van der Waals surface area contributed by atoms with E-state index in [1.807, 2.05) is 68.3 Å². The molecule has 186 valence electrons. The third kappa shape index (κ3) is 5.41. The minimum atomic E-state index is -1.04. The minimum absolute atomic E-state index is 0.242. The highest BCUT2D eigenvalue weighted by molar-refractivity contribution is 6.20. The van der Waals surface area contributed by atoms with Crippen molar-refractivity contribution in [1.82, 2.24) is 5.06 Å². The van der Waals surface area contributed by atoms with E-state index >= 15 is 0 Å². The van der Waals surface area contributed by atoms with Gasteiger partial charge in [-0.25, -0.2) is 9.59 Å². The molecule has 4 rings (SSSR count). The van der Waals surface area contributed by atoms with Crippen LogP contribution in [0.4, 0.5) is 4.79 Å². The Morgan fingerprint density at radius 3 is 2.29 bits per heavy atom. The second-order valence-electron chi connectivity index (χ2n) is 9.57. The van der Waals surface area contributed by atoms with Gasteiger partial charge in [0.1, 0.15) is 5.57 Å². The molecule has 0 aromatic heterocycles. The summed E-state index contributed by atoms with van der Waals surface area (Å²) in [6.45, 7) is 10.9. The van der Waals surface area contributed by atoms with Crippen molar-refractivity contribution in [2.75, 3.05) is 13.1 Å². The number of piperidine rings is 1. The standard InChI is InChI=1S/C28H33NO6/c1-18(2)33-27(31)34-25-24(23-20(4)15-19(3)16-21(23)5)26(30)35-28(25)11-13-29(14-12-28)32-17-22-9-7-6-8-10-22/h6-10,15-16,18H,11-14,17H2,1-5H3. The largest absolute Gasteiger partial charge is 0.513 e. The number of hydrogen-bond donors (Lipinski definition) is 0. The summed E-state index contributed by atoms with van der Waals surface area (Å²) in [6.07, 6.45) is -0.316. The number of aryl methyl sites for hydroxylation is 3. The van der Waals surface area contributed by atoms with E-state index in [1.54, 1.807) is 13.8 Å². The summed E-state index contributed by atoms with van der Waals surface area (Å²) in [7, 11) is 0. The number of hydroxylamine groups is 2. The average Bonchev–Trinajstić information content (AvgIpc) is 3.04. The fourth-order valence-electron chi connectivity index (χ4n) is 4.87. The van der Waals surface area contributed by atoms with Crippen molar-refractivity contribution in [2.24, 2.45) is 0 Å². The number of benzene rings is 2. The van der Waals surface area contributed by atoms with Crippen LogP contribution >= 0.6 is 0 Å². The Morgan fingerprint density at radius 2 is 1.69 bits per heavy atom. The van der Waals surface area contributed by atoms with Gasteiger partial charge in [0.2, 0.25) is 0 Å². The Kier molecular flexibility index (Phi) is 7.28. The molecule has 0 saturated carbocycles. The second kappa shape index (κ2) is 10.2. The number of carbonyl (C=O) groups is 2. The van der Waals surface area contributed by atoms with Crippen molar-refractivity contribution in [1.29, 1.82) is 0 Å². The van der Waals surface area contributed by atoms with Gasteiger partial charge in [0.05, 0.1) is 12.7 Å². The van der Waals surface area contributed by atoms with Crippen molar-refractivity contribution in [2.45, 2.75) is 65.8 Å². The maximum atomic E-state index is 13.3. The van der Waals surface area contributed by atoms with Gasteiger partial charge in [-0.2, -0.15) is 5.06 Å². The van der Waals surface area contributed by atoms with E-state index in [1.165, 1.54) is 0 Å². The molecule has 0 bridgehead atoms. The van der Waals surface area contributed by atoms with E-state index in [-0.39, 0.29) is 11.9 Å². The van der Waals surface area contributed by atoms with E-state index < -0.39 is 17.7 Å². The second-order valence-corrected chi connectivity index (χ2v) is 9.57. The topological polar surface area (TPSA) is 74.3 Å². The molecular weight excluding hydrogens is 446 g/mol. The number of hydrogen-bond acceptors (Lipinski definition) is 7. The summed E-state index contributed by atoms with van der Waals surface area (Å²) in [4.78, 5) is 31.8. The minimum Gasteiger partial charge on any atom is -0.447 e. The molecule has 0 aliphatic carbocycles. The van der Waals surface area contributed by atoms with Crippen LogP contribution in [0.2, 0.25) is 0 Å². The predicted molar refractivity (Wildman–Crippen MR) is 131 cm³/mol. The van der Waals surface area contributed by atoms with Gasteiger partial charge >= 0.3 is 12.1 Å². The van der Waals surface area contributed by atoms with Gasteiger partial charge in [0.15, 0.2) is 11.4 Å². The highest BCUT2D eigenvalue weighted by Crippen LogP contribution is 2.46. The van der Waals surface area contributed by atoms with E-state index in [0.717, 1.165) is 27.8 Å². The maximum Gasteiger partial charge on any atom is 0.513 e. The Hall–Kier alpha value is -3.16. The van der Waals surface area contributed by atoms with Crippen LogP contribution in [-0.4, -0.2) is 42.0 Å². The fourth-order valence-corrected chi connectivity index (χ4v) is 4.87. The molecule has 0 radical (unpaired) electrons. The first-order valence-electron chi connectivity index (χ1n) is 12.0. The van der Waals surface area contributed by atoms with Crippen LogP contribution in [0.5, 0.6) is 0 Å². The van der Waals surface area contributed by atoms with Gasteiger partial charge in [-0.3, -0.25) is 4.84 Å². The van der Waals surface area contributed by atoms with Crippen LogP contribution < -0.4 is 0 Å². The van der Waals surface area contributed by atoms with Gasteiger partial charge in [-0.05, 0) is 56.9 Å². The Balaban J connectivity index is 1.62. The molecule has 1 fully saturated rings. The molecule has 2 aliphatic rings. The zero-order chi connectivity index (χ0) is 25.2. The zero-order valence-corrected chi connectivity index (χ0v) is 21.1. The van der Waals surface area contributed by atoms with Crippen molar-refractivity contribution in [3.63, 3.8) is 0 Å². The third-order valence-corrected chi connectivity index (χ3v) is 6.36. The highest BCUT2D eigenvalue weighted by atomic mass is 16.7. The normalized spacial score (nSPS) is 17.7. The molecule has 2 aromatic carbocycles. The van der Waals surface area contributed by atoms with E-state index in [4.69, 9.17) is 19.0 Å². The molecule has 1 spiro atoms. The average molecular weight is 480 g/mol. The Labute approximate surface area is 206 Å². The number of ether oxygens (including phenoxy) is 3. The number of nitrogens with zero attached hydrogens (tertiary/aromatic N) is 1. The molecular formula is C28H33NO6. The fraction of sp³-hybridized carbons (Fsp3) is 0.429. The van der Waals surface area contributed by atoms with Crippen molar-refractivity contribution in [3.05, 3.63) is 76.0 Å². The van der Waals surface area contributed by atoms with Gasteiger partial charge < -0.3 is 14.2 Å². The summed E-state index contributed by atoms with van der Waals surface area (Å²) in [6, 6.07) is 14.0. The van der Waals surface area contributed by atoms with E-state index in [0.29, 0.717) is 38.1 Å². The summed E-state index contributed by atoms with van der Waals surface area (Å²) in [5, 5.41) is 1.87. The lowest BCUT2D eigenvalue weighted by Gasteiger charge is -2.38. The molecule has 2 heterocycles. The lowest BCUT2D eigenvalue weighted by Crippen LogP contribution is -2.46. The quantitative estimate of drug-likeness (QED) is 0.513. The zero-order valence-electron chi connectivity index (χ0n) is 21.1. The molecule has 2 aromatic rings. The Bertz CT molecular complexity index is 1110. The smallest absolute Gasteiger partial charge is 0.447 e. The molecule has 1 saturated heterocycles. The molecule has 0 amide bonds. The first-order chi connectivity index (χ1) is 16.7. The monoisotopic (exact) mass is 479 g/mol. The lowest BCUT2D eigenvalue weighted by molar-refractivity contribution is -0.205. The van der Waals surface area contributed by atoms with Crippen molar-refractivity contribution >= 4 is 17.7 Å². The number of rotatable bonds is 6. The molecule has 7 heteroatoms. The third-order valence-electron chi connectivity index (χ3n) is 6.36. The first-order valence-corrected chi connectivity index (χ1v) is 12.0. The van der Waals surface area contributed by atoms with Gasteiger partial charge in [-0.15, -0.1) is 0 Å². The molecule has 0 atom stereocenters. The van der Waals surface area contributed by atoms with Crippen LogP contribution in [0, 0.1) is 20.8 Å². The van der Waals surface area contributed by atoms with Crippen LogP contribution in [0.15, 0.2) is 48.2 Å². The lowest BCUT2D eigenvalue weighted by atomic mass is 9.86. The van der Waals surface area contributed by atoms with Crippen LogP contribution in [0.3, 0.4) is 0 Å². The van der Waals surface area contributed by atoms with Crippen LogP contribution in [-0.2, 0) is 30.4 Å². The van der Waals surface area contributed by atoms with Gasteiger partial charge in [-0.1, -0.05) is 48.0 Å². The summed E-state index contributed by atoms with van der Waals surface area (Å²) in [5.41, 5.74) is 4.02. The van der Waals surface area contributed by atoms with E-state index in [2.05, 4.69) is 0 Å². The molecule has 0 unspecified atom stereocenters. The number of carbonyl (C=O) groups excluding carboxylic acids is 2. The summed E-state index contributed by atoms with van der Waals surface area (Å²) >= 11 is 0. The Morgan fingerprint density at radius 1 is 1.06 bits per heavy atom. The number of esters is 1. The molecule has 2 aliphatic heterocycles. The van der Waals surface area contributed by atoms with Crippen LogP contribution in [0.25, 0.3) is 5.57 Å².